The molecule has 0 aromatic heterocycles. The molecule has 0 saturated carbocycles. The van der Waals surface area contributed by atoms with Crippen LogP contribution in [-0.2, 0) is 14.3 Å². The average Bonchev–Trinajstić information content (AvgIpc) is 2.63. The van der Waals surface area contributed by atoms with E-state index in [2.05, 4.69) is 0 Å². The summed E-state index contributed by atoms with van der Waals surface area (Å²) in [5, 5.41) is 8.87. The van der Waals surface area contributed by atoms with Gasteiger partial charge >= 0.3 is 5.97 Å². The van der Waals surface area contributed by atoms with Crippen molar-refractivity contribution in [3.05, 3.63) is 71.8 Å². The summed E-state index contributed by atoms with van der Waals surface area (Å²) in [5.41, 5.74) is 1.93. The van der Waals surface area contributed by atoms with Crippen LogP contribution in [-0.4, -0.2) is 41.1 Å². The quantitative estimate of drug-likeness (QED) is 0.747. The summed E-state index contributed by atoms with van der Waals surface area (Å²) in [7, 11) is 0. The highest BCUT2D eigenvalue weighted by molar-refractivity contribution is 5.78. The number of nitrogens with zero attached hydrogens (tertiary/aromatic N) is 1. The maximum Gasteiger partial charge on any atom is 0.305 e. The summed E-state index contributed by atoms with van der Waals surface area (Å²) in [5.74, 6) is -1.13. The van der Waals surface area contributed by atoms with Crippen LogP contribution >= 0.6 is 0 Å². The Kier molecular flexibility index (Phi) is 7.36. The molecule has 0 unspecified atom stereocenters. The second-order valence-corrected chi connectivity index (χ2v) is 6.34. The standard InChI is InChI=1S/C21H25NO4/c1-16(2)22(14-13-20(24)25)19(23)15-26-21(17-9-5-3-6-10-17)18-11-7-4-8-12-18/h3-12,16,21H,13-15H2,1-2H3,(H,24,25). The lowest BCUT2D eigenvalue weighted by molar-refractivity contribution is -0.142. The number of carbonyl (C=O) groups excluding carboxylic acids is 1. The van der Waals surface area contributed by atoms with Gasteiger partial charge in [-0.2, -0.15) is 0 Å². The van der Waals surface area contributed by atoms with Gasteiger partial charge in [-0.1, -0.05) is 60.7 Å². The van der Waals surface area contributed by atoms with E-state index in [1.165, 1.54) is 0 Å². The number of aliphatic carboxylic acids is 1. The zero-order chi connectivity index (χ0) is 18.9. The second-order valence-electron chi connectivity index (χ2n) is 6.34. The molecule has 2 rings (SSSR count). The Balaban J connectivity index is 2.11. The van der Waals surface area contributed by atoms with E-state index < -0.39 is 5.97 Å². The molecule has 2 aromatic rings. The van der Waals surface area contributed by atoms with Crippen LogP contribution in [0.3, 0.4) is 0 Å². The lowest BCUT2D eigenvalue weighted by Crippen LogP contribution is -2.40. The van der Waals surface area contributed by atoms with Crippen LogP contribution in [0.15, 0.2) is 60.7 Å². The second kappa shape index (κ2) is 9.73. The van der Waals surface area contributed by atoms with Gasteiger partial charge in [0.05, 0.1) is 6.42 Å². The maximum absolute atomic E-state index is 12.6. The van der Waals surface area contributed by atoms with Gasteiger partial charge in [-0.15, -0.1) is 0 Å². The van der Waals surface area contributed by atoms with Crippen molar-refractivity contribution in [2.75, 3.05) is 13.2 Å². The van der Waals surface area contributed by atoms with E-state index in [4.69, 9.17) is 9.84 Å². The van der Waals surface area contributed by atoms with E-state index in [0.29, 0.717) is 0 Å². The molecule has 26 heavy (non-hydrogen) atoms. The molecule has 0 fully saturated rings. The molecular formula is C21H25NO4. The average molecular weight is 355 g/mol. The van der Waals surface area contributed by atoms with Crippen LogP contribution in [0.1, 0.15) is 37.5 Å². The van der Waals surface area contributed by atoms with Crippen molar-refractivity contribution in [1.82, 2.24) is 4.90 Å². The van der Waals surface area contributed by atoms with Gasteiger partial charge in [0.1, 0.15) is 12.7 Å². The third kappa shape index (κ3) is 5.70. The molecule has 0 aliphatic rings. The number of carboxylic acid groups (broad SMARTS) is 1. The van der Waals surface area contributed by atoms with Crippen molar-refractivity contribution < 1.29 is 19.4 Å². The summed E-state index contributed by atoms with van der Waals surface area (Å²) in [6, 6.07) is 19.4. The van der Waals surface area contributed by atoms with Crippen LogP contribution in [0.25, 0.3) is 0 Å². The molecule has 0 radical (unpaired) electrons. The predicted octanol–water partition coefficient (Wildman–Crippen LogP) is 3.50. The molecule has 1 N–H and O–H groups in total. The number of rotatable bonds is 9. The summed E-state index contributed by atoms with van der Waals surface area (Å²) in [6.07, 6.45) is -0.431. The van der Waals surface area contributed by atoms with Gasteiger partial charge in [0.25, 0.3) is 0 Å². The number of hydrogen-bond acceptors (Lipinski definition) is 3. The lowest BCUT2D eigenvalue weighted by Gasteiger charge is -2.27. The van der Waals surface area contributed by atoms with Crippen molar-refractivity contribution in [3.8, 4) is 0 Å². The molecule has 138 valence electrons. The van der Waals surface area contributed by atoms with Crippen LogP contribution in [0.2, 0.25) is 0 Å². The molecule has 0 aliphatic heterocycles. The molecule has 0 heterocycles. The van der Waals surface area contributed by atoms with Crippen LogP contribution in [0.4, 0.5) is 0 Å². The Morgan fingerprint density at radius 1 is 0.962 bits per heavy atom. The van der Waals surface area contributed by atoms with Crippen molar-refractivity contribution in [2.24, 2.45) is 0 Å². The summed E-state index contributed by atoms with van der Waals surface area (Å²) in [6.45, 7) is 3.81. The first-order valence-electron chi connectivity index (χ1n) is 8.71. The molecule has 0 aliphatic carbocycles. The van der Waals surface area contributed by atoms with E-state index in [-0.39, 0.29) is 37.6 Å². The van der Waals surface area contributed by atoms with Crippen molar-refractivity contribution in [1.29, 1.82) is 0 Å². The Labute approximate surface area is 154 Å². The number of amides is 1. The number of benzene rings is 2. The molecule has 5 heteroatoms. The minimum atomic E-state index is -0.921. The van der Waals surface area contributed by atoms with E-state index in [1.807, 2.05) is 74.5 Å². The van der Waals surface area contributed by atoms with Crippen molar-refractivity contribution in [2.45, 2.75) is 32.4 Å². The molecular weight excluding hydrogens is 330 g/mol. The zero-order valence-corrected chi connectivity index (χ0v) is 15.2. The van der Waals surface area contributed by atoms with Crippen molar-refractivity contribution >= 4 is 11.9 Å². The first kappa shape index (κ1) is 19.7. The Bertz CT molecular complexity index is 661. The molecule has 0 atom stereocenters. The SMILES string of the molecule is CC(C)N(CCC(=O)O)C(=O)COC(c1ccccc1)c1ccccc1. The fourth-order valence-electron chi connectivity index (χ4n) is 2.77. The minimum Gasteiger partial charge on any atom is -0.481 e. The van der Waals surface area contributed by atoms with Gasteiger partial charge in [-0.3, -0.25) is 9.59 Å². The van der Waals surface area contributed by atoms with Gasteiger partial charge in [-0.05, 0) is 25.0 Å². The third-order valence-corrected chi connectivity index (χ3v) is 4.09. The lowest BCUT2D eigenvalue weighted by atomic mass is 10.0. The predicted molar refractivity (Wildman–Crippen MR) is 99.8 cm³/mol. The van der Waals surface area contributed by atoms with Gasteiger partial charge in [0.15, 0.2) is 0 Å². The summed E-state index contributed by atoms with van der Waals surface area (Å²) < 4.78 is 5.98. The Hall–Kier alpha value is -2.66. The highest BCUT2D eigenvalue weighted by Gasteiger charge is 2.21. The van der Waals surface area contributed by atoms with E-state index in [1.54, 1.807) is 4.90 Å². The number of carbonyl (C=O) groups is 2. The molecule has 0 saturated heterocycles. The largest absolute Gasteiger partial charge is 0.481 e. The van der Waals surface area contributed by atoms with Crippen LogP contribution in [0, 0.1) is 0 Å². The van der Waals surface area contributed by atoms with Gasteiger partial charge in [-0.25, -0.2) is 0 Å². The monoisotopic (exact) mass is 355 g/mol. The Morgan fingerprint density at radius 2 is 1.46 bits per heavy atom. The molecule has 1 amide bonds. The smallest absolute Gasteiger partial charge is 0.305 e. The van der Waals surface area contributed by atoms with E-state index in [9.17, 15) is 9.59 Å². The Morgan fingerprint density at radius 3 is 1.88 bits per heavy atom. The maximum atomic E-state index is 12.6. The molecule has 5 nitrogen and oxygen atoms in total. The fraction of sp³-hybridized carbons (Fsp3) is 0.333. The van der Waals surface area contributed by atoms with Crippen LogP contribution in [0.5, 0.6) is 0 Å². The normalized spacial score (nSPS) is 10.9. The zero-order valence-electron chi connectivity index (χ0n) is 15.2. The fourth-order valence-corrected chi connectivity index (χ4v) is 2.77. The number of ether oxygens (including phenoxy) is 1. The highest BCUT2D eigenvalue weighted by atomic mass is 16.5. The first-order valence-corrected chi connectivity index (χ1v) is 8.71. The summed E-state index contributed by atoms with van der Waals surface area (Å²) >= 11 is 0. The highest BCUT2D eigenvalue weighted by Crippen LogP contribution is 2.25. The number of carboxylic acids is 1. The molecule has 2 aromatic carbocycles. The first-order chi connectivity index (χ1) is 12.5. The minimum absolute atomic E-state index is 0.0787. The summed E-state index contributed by atoms with van der Waals surface area (Å²) in [4.78, 5) is 24.9. The van der Waals surface area contributed by atoms with Gasteiger partial charge in [0, 0.05) is 12.6 Å². The van der Waals surface area contributed by atoms with Crippen LogP contribution < -0.4 is 0 Å². The van der Waals surface area contributed by atoms with Gasteiger partial charge in [0.2, 0.25) is 5.91 Å². The molecule has 0 bridgehead atoms. The molecule has 0 spiro atoms. The number of hydrogen-bond donors (Lipinski definition) is 1. The van der Waals surface area contributed by atoms with Gasteiger partial charge < -0.3 is 14.7 Å². The topological polar surface area (TPSA) is 66.8 Å². The van der Waals surface area contributed by atoms with Crippen molar-refractivity contribution in [3.63, 3.8) is 0 Å². The third-order valence-electron chi connectivity index (χ3n) is 4.09. The van der Waals surface area contributed by atoms with E-state index >= 15 is 0 Å². The van der Waals surface area contributed by atoms with E-state index in [0.717, 1.165) is 11.1 Å².